The maximum absolute atomic E-state index is 10.7. The van der Waals surface area contributed by atoms with Crippen LogP contribution in [0.15, 0.2) is 12.2 Å². The molecule has 1 aliphatic heterocycles. The summed E-state index contributed by atoms with van der Waals surface area (Å²) >= 11 is 0. The molecule has 0 aromatic rings. The lowest BCUT2D eigenvalue weighted by molar-refractivity contribution is -0.130. The normalized spacial score (nSPS) is 26.9. The van der Waals surface area contributed by atoms with E-state index in [1.165, 1.54) is 0 Å². The predicted octanol–water partition coefficient (Wildman–Crippen LogP) is 0.0775. The van der Waals surface area contributed by atoms with Gasteiger partial charge >= 0.3 is 0 Å². The lowest BCUT2D eigenvalue weighted by Crippen LogP contribution is -2.44. The Morgan fingerprint density at radius 2 is 2.60 bits per heavy atom. The van der Waals surface area contributed by atoms with Crippen molar-refractivity contribution in [1.29, 1.82) is 0 Å². The van der Waals surface area contributed by atoms with Crippen LogP contribution in [0.5, 0.6) is 0 Å². The van der Waals surface area contributed by atoms with Gasteiger partial charge in [0.05, 0.1) is 12.6 Å². The lowest BCUT2D eigenvalue weighted by Gasteiger charge is -2.20. The highest BCUT2D eigenvalue weighted by Gasteiger charge is 2.14. The fraction of sp³-hybridized carbons (Fsp3) is 0.571. The molecule has 10 heavy (non-hydrogen) atoms. The molecule has 1 rings (SSSR count). The van der Waals surface area contributed by atoms with E-state index in [1.807, 2.05) is 19.1 Å². The van der Waals surface area contributed by atoms with Crippen LogP contribution in [0.3, 0.4) is 0 Å². The average Bonchev–Trinajstić information content (AvgIpc) is 1.88. The number of morpholine rings is 1. The van der Waals surface area contributed by atoms with Crippen LogP contribution in [-0.4, -0.2) is 25.2 Å². The van der Waals surface area contributed by atoms with E-state index in [2.05, 4.69) is 5.32 Å². The van der Waals surface area contributed by atoms with Gasteiger partial charge in [0.2, 0.25) is 5.91 Å². The summed E-state index contributed by atoms with van der Waals surface area (Å²) in [5.74, 6) is -0.0330. The molecule has 3 nitrogen and oxygen atoms in total. The van der Waals surface area contributed by atoms with Gasteiger partial charge in [0.1, 0.15) is 6.61 Å². The Kier molecular flexibility index (Phi) is 2.45. The first-order chi connectivity index (χ1) is 4.83. The van der Waals surface area contributed by atoms with Crippen molar-refractivity contribution in [3.8, 4) is 0 Å². The molecule has 0 bridgehead atoms. The maximum Gasteiger partial charge on any atom is 0.246 e. The molecule has 0 saturated carbocycles. The van der Waals surface area contributed by atoms with Crippen molar-refractivity contribution in [2.45, 2.75) is 13.0 Å². The summed E-state index contributed by atoms with van der Waals surface area (Å²) in [6.07, 6.45) is 3.82. The van der Waals surface area contributed by atoms with Gasteiger partial charge in [0.25, 0.3) is 0 Å². The van der Waals surface area contributed by atoms with Crippen LogP contribution in [0.4, 0.5) is 0 Å². The summed E-state index contributed by atoms with van der Waals surface area (Å²) < 4.78 is 4.98. The van der Waals surface area contributed by atoms with Gasteiger partial charge in [-0.1, -0.05) is 12.2 Å². The molecule has 0 aromatic heterocycles. The Morgan fingerprint density at radius 1 is 1.80 bits per heavy atom. The van der Waals surface area contributed by atoms with E-state index >= 15 is 0 Å². The van der Waals surface area contributed by atoms with Gasteiger partial charge in [-0.25, -0.2) is 0 Å². The summed E-state index contributed by atoms with van der Waals surface area (Å²) in [6.45, 7) is 2.71. The molecule has 3 heteroatoms. The van der Waals surface area contributed by atoms with Crippen molar-refractivity contribution in [3.05, 3.63) is 12.2 Å². The second-order valence-electron chi connectivity index (χ2n) is 2.21. The summed E-state index contributed by atoms with van der Waals surface area (Å²) in [7, 11) is 0. The Bertz CT molecular complexity index is 154. The number of hydrogen-bond acceptors (Lipinski definition) is 2. The smallest absolute Gasteiger partial charge is 0.246 e. The van der Waals surface area contributed by atoms with Crippen LogP contribution in [0.1, 0.15) is 6.92 Å². The third-order valence-corrected chi connectivity index (χ3v) is 1.30. The van der Waals surface area contributed by atoms with Gasteiger partial charge in [-0.2, -0.15) is 0 Å². The first-order valence-corrected chi connectivity index (χ1v) is 3.33. The van der Waals surface area contributed by atoms with Crippen LogP contribution < -0.4 is 5.32 Å². The van der Waals surface area contributed by atoms with Gasteiger partial charge in [0.15, 0.2) is 0 Å². The second kappa shape index (κ2) is 3.37. The highest BCUT2D eigenvalue weighted by Crippen LogP contribution is 1.94. The van der Waals surface area contributed by atoms with Crippen LogP contribution in [0.2, 0.25) is 0 Å². The molecule has 0 unspecified atom stereocenters. The van der Waals surface area contributed by atoms with Crippen LogP contribution in [0, 0.1) is 0 Å². The highest BCUT2D eigenvalue weighted by molar-refractivity contribution is 5.78. The maximum atomic E-state index is 10.7. The molecule has 1 aliphatic rings. The Balaban J connectivity index is 2.39. The Labute approximate surface area is 60.1 Å². The minimum atomic E-state index is -0.0330. The van der Waals surface area contributed by atoms with Crippen molar-refractivity contribution in [2.24, 2.45) is 0 Å². The van der Waals surface area contributed by atoms with Gasteiger partial charge in [0, 0.05) is 0 Å². The fourth-order valence-corrected chi connectivity index (χ4v) is 0.905. The molecule has 0 aromatic carbocycles. The largest absolute Gasteiger partial charge is 0.369 e. The number of carbonyl (C=O) groups excluding carboxylic acids is 1. The van der Waals surface area contributed by atoms with E-state index in [1.54, 1.807) is 0 Å². The second-order valence-corrected chi connectivity index (χ2v) is 2.21. The summed E-state index contributed by atoms with van der Waals surface area (Å²) in [5.41, 5.74) is 0. The number of rotatable bonds is 1. The first kappa shape index (κ1) is 7.28. The molecule has 0 radical (unpaired) electrons. The molecule has 0 spiro atoms. The van der Waals surface area contributed by atoms with Crippen LogP contribution in [0.25, 0.3) is 0 Å². The summed E-state index contributed by atoms with van der Waals surface area (Å²) in [5, 5.41) is 2.77. The Hall–Kier alpha value is -0.830. The molecule has 1 N–H and O–H groups in total. The topological polar surface area (TPSA) is 38.3 Å². The summed E-state index contributed by atoms with van der Waals surface area (Å²) in [4.78, 5) is 10.7. The average molecular weight is 141 g/mol. The SMILES string of the molecule is C/C=C/[C@@H]1COCC(=O)N1. The van der Waals surface area contributed by atoms with Gasteiger partial charge in [-0.3, -0.25) is 4.79 Å². The Morgan fingerprint density at radius 3 is 3.20 bits per heavy atom. The molecule has 1 saturated heterocycles. The molecule has 0 aliphatic carbocycles. The third kappa shape index (κ3) is 1.84. The van der Waals surface area contributed by atoms with Gasteiger partial charge in [-0.05, 0) is 6.92 Å². The number of hydrogen-bond donors (Lipinski definition) is 1. The van der Waals surface area contributed by atoms with Gasteiger partial charge < -0.3 is 10.1 Å². The molecule has 1 amide bonds. The van der Waals surface area contributed by atoms with Crippen LogP contribution in [-0.2, 0) is 9.53 Å². The lowest BCUT2D eigenvalue weighted by atomic mass is 10.2. The minimum Gasteiger partial charge on any atom is -0.369 e. The van der Waals surface area contributed by atoms with Gasteiger partial charge in [-0.15, -0.1) is 0 Å². The van der Waals surface area contributed by atoms with Crippen LogP contribution >= 0.6 is 0 Å². The first-order valence-electron chi connectivity index (χ1n) is 3.33. The third-order valence-electron chi connectivity index (χ3n) is 1.30. The zero-order valence-electron chi connectivity index (χ0n) is 5.96. The number of allylic oxidation sites excluding steroid dienone is 1. The van der Waals surface area contributed by atoms with Crippen molar-refractivity contribution in [3.63, 3.8) is 0 Å². The molecular weight excluding hydrogens is 130 g/mol. The van der Waals surface area contributed by atoms with E-state index in [0.29, 0.717) is 6.61 Å². The molecule has 1 atom stereocenters. The van der Waals surface area contributed by atoms with E-state index in [4.69, 9.17) is 4.74 Å². The van der Waals surface area contributed by atoms with E-state index in [0.717, 1.165) is 0 Å². The zero-order chi connectivity index (χ0) is 7.40. The minimum absolute atomic E-state index is 0.0330. The van der Waals surface area contributed by atoms with Crippen molar-refractivity contribution >= 4 is 5.91 Å². The van der Waals surface area contributed by atoms with E-state index in [-0.39, 0.29) is 18.6 Å². The number of carbonyl (C=O) groups is 1. The zero-order valence-corrected chi connectivity index (χ0v) is 5.96. The van der Waals surface area contributed by atoms with Crippen molar-refractivity contribution in [2.75, 3.05) is 13.2 Å². The summed E-state index contributed by atoms with van der Waals surface area (Å²) in [6, 6.07) is 0.0752. The molecule has 56 valence electrons. The highest BCUT2D eigenvalue weighted by atomic mass is 16.5. The standard InChI is InChI=1S/C7H11NO2/c1-2-3-6-4-10-5-7(9)8-6/h2-3,6H,4-5H2,1H3,(H,8,9)/b3-2+/t6-/m1/s1. The van der Waals surface area contributed by atoms with E-state index in [9.17, 15) is 4.79 Å². The molecule has 1 heterocycles. The monoisotopic (exact) mass is 141 g/mol. The quantitative estimate of drug-likeness (QED) is 0.525. The molecule has 1 fully saturated rings. The fourth-order valence-electron chi connectivity index (χ4n) is 0.905. The van der Waals surface area contributed by atoms with Crippen molar-refractivity contribution in [1.82, 2.24) is 5.32 Å². The van der Waals surface area contributed by atoms with E-state index < -0.39 is 0 Å². The number of nitrogens with one attached hydrogen (secondary N) is 1. The number of amides is 1. The predicted molar refractivity (Wildman–Crippen MR) is 37.6 cm³/mol. The number of ether oxygens (including phenoxy) is 1. The van der Waals surface area contributed by atoms with Crippen molar-refractivity contribution < 1.29 is 9.53 Å². The molecular formula is C7H11NO2.